The second kappa shape index (κ2) is 3.67. The van der Waals surface area contributed by atoms with Gasteiger partial charge in [-0.25, -0.2) is 4.98 Å². The molecule has 0 radical (unpaired) electrons. The van der Waals surface area contributed by atoms with E-state index in [9.17, 15) is 0 Å². The van der Waals surface area contributed by atoms with Gasteiger partial charge in [-0.2, -0.15) is 0 Å². The van der Waals surface area contributed by atoms with Crippen molar-refractivity contribution in [1.82, 2.24) is 9.55 Å². The van der Waals surface area contributed by atoms with Crippen molar-refractivity contribution in [2.24, 2.45) is 5.73 Å². The number of fused-ring (bicyclic) bond motifs is 1. The van der Waals surface area contributed by atoms with Crippen LogP contribution < -0.4 is 11.1 Å². The lowest BCUT2D eigenvalue weighted by atomic mass is 10.3. The highest BCUT2D eigenvalue weighted by Crippen LogP contribution is 2.24. The van der Waals surface area contributed by atoms with E-state index in [0.717, 1.165) is 42.2 Å². The Labute approximate surface area is 85.6 Å². The maximum absolute atomic E-state index is 5.50. The third-order valence-electron chi connectivity index (χ3n) is 2.19. The van der Waals surface area contributed by atoms with Gasteiger partial charge in [-0.3, -0.25) is 0 Å². The van der Waals surface area contributed by atoms with Gasteiger partial charge < -0.3 is 15.6 Å². The highest BCUT2D eigenvalue weighted by Gasteiger charge is 2.16. The van der Waals surface area contributed by atoms with Crippen molar-refractivity contribution in [1.29, 1.82) is 0 Å². The Bertz CT molecular complexity index is 307. The second-order valence-corrected chi connectivity index (χ2v) is 3.89. The minimum Gasteiger partial charge on any atom is -0.356 e. The van der Waals surface area contributed by atoms with E-state index in [0.29, 0.717) is 6.54 Å². The summed E-state index contributed by atoms with van der Waals surface area (Å²) >= 11 is 3.54. The van der Waals surface area contributed by atoms with Gasteiger partial charge in [-0.05, 0) is 28.9 Å². The molecule has 0 atom stereocenters. The molecular formula is C8H13BrN4. The number of hydrogen-bond acceptors (Lipinski definition) is 3. The average molecular weight is 245 g/mol. The second-order valence-electron chi connectivity index (χ2n) is 3.14. The Hall–Kier alpha value is -0.550. The first-order chi connectivity index (χ1) is 6.33. The number of nitrogens with zero attached hydrogens (tertiary/aromatic N) is 2. The first-order valence-electron chi connectivity index (χ1n) is 4.51. The summed E-state index contributed by atoms with van der Waals surface area (Å²) in [5.74, 6) is 0.974. The molecule has 0 amide bonds. The van der Waals surface area contributed by atoms with Crippen LogP contribution in [-0.4, -0.2) is 22.6 Å². The van der Waals surface area contributed by atoms with Gasteiger partial charge in [-0.1, -0.05) is 0 Å². The third-order valence-corrected chi connectivity index (χ3v) is 3.08. The maximum Gasteiger partial charge on any atom is 0.203 e. The van der Waals surface area contributed by atoms with Gasteiger partial charge in [0.2, 0.25) is 5.95 Å². The molecule has 0 aliphatic carbocycles. The van der Waals surface area contributed by atoms with Gasteiger partial charge in [0.05, 0.1) is 5.69 Å². The van der Waals surface area contributed by atoms with E-state index in [4.69, 9.17) is 5.73 Å². The number of nitrogens with one attached hydrogen (secondary N) is 1. The summed E-state index contributed by atoms with van der Waals surface area (Å²) < 4.78 is 3.24. The van der Waals surface area contributed by atoms with Crippen molar-refractivity contribution in [3.8, 4) is 0 Å². The molecule has 0 aromatic carbocycles. The molecule has 1 aliphatic rings. The topological polar surface area (TPSA) is 55.9 Å². The Kier molecular flexibility index (Phi) is 2.55. The predicted octanol–water partition coefficient (Wildman–Crippen LogP) is 0.962. The van der Waals surface area contributed by atoms with Crippen molar-refractivity contribution in [2.75, 3.05) is 18.4 Å². The molecule has 3 N–H and O–H groups in total. The summed E-state index contributed by atoms with van der Waals surface area (Å²) in [6.07, 6.45) is 1.99. The molecule has 0 spiro atoms. The standard InChI is InChI=1S/C8H13BrN4/c9-7-6(2-3-10)12-8-11-4-1-5-13(7)8/h1-5,10H2,(H,11,12). The van der Waals surface area contributed by atoms with Crippen molar-refractivity contribution >= 4 is 21.9 Å². The van der Waals surface area contributed by atoms with Gasteiger partial charge in [0, 0.05) is 19.5 Å². The molecule has 0 fully saturated rings. The van der Waals surface area contributed by atoms with E-state index < -0.39 is 0 Å². The van der Waals surface area contributed by atoms with Crippen LogP contribution in [0.4, 0.5) is 5.95 Å². The smallest absolute Gasteiger partial charge is 0.203 e. The third kappa shape index (κ3) is 1.58. The van der Waals surface area contributed by atoms with E-state index in [1.54, 1.807) is 0 Å². The van der Waals surface area contributed by atoms with Gasteiger partial charge in [0.15, 0.2) is 0 Å². The fourth-order valence-electron chi connectivity index (χ4n) is 1.56. The molecule has 4 nitrogen and oxygen atoms in total. The number of nitrogens with two attached hydrogens (primary N) is 1. The van der Waals surface area contributed by atoms with E-state index in [-0.39, 0.29) is 0 Å². The molecule has 1 aliphatic heterocycles. The van der Waals surface area contributed by atoms with E-state index >= 15 is 0 Å². The molecule has 0 unspecified atom stereocenters. The zero-order valence-corrected chi connectivity index (χ0v) is 8.97. The van der Waals surface area contributed by atoms with Crippen molar-refractivity contribution in [3.05, 3.63) is 10.3 Å². The van der Waals surface area contributed by atoms with Crippen LogP contribution in [0.3, 0.4) is 0 Å². The summed E-state index contributed by atoms with van der Waals surface area (Å²) in [4.78, 5) is 4.47. The highest BCUT2D eigenvalue weighted by atomic mass is 79.9. The van der Waals surface area contributed by atoms with E-state index in [2.05, 4.69) is 30.8 Å². The normalized spacial score (nSPS) is 15.2. The summed E-state index contributed by atoms with van der Waals surface area (Å²) in [6.45, 7) is 2.71. The summed E-state index contributed by atoms with van der Waals surface area (Å²) in [7, 11) is 0. The van der Waals surface area contributed by atoms with Crippen molar-refractivity contribution in [3.63, 3.8) is 0 Å². The summed E-state index contributed by atoms with van der Waals surface area (Å²) in [5, 5.41) is 3.26. The molecule has 13 heavy (non-hydrogen) atoms. The largest absolute Gasteiger partial charge is 0.356 e. The van der Waals surface area contributed by atoms with Crippen LogP contribution in [0.5, 0.6) is 0 Å². The average Bonchev–Trinajstić information content (AvgIpc) is 2.46. The first kappa shape index (κ1) is 9.02. The number of imidazole rings is 1. The molecule has 2 rings (SSSR count). The van der Waals surface area contributed by atoms with Crippen molar-refractivity contribution < 1.29 is 0 Å². The van der Waals surface area contributed by atoms with Crippen LogP contribution in [-0.2, 0) is 13.0 Å². The summed E-state index contributed by atoms with van der Waals surface area (Å²) in [5.41, 5.74) is 6.56. The van der Waals surface area contributed by atoms with Gasteiger partial charge in [0.25, 0.3) is 0 Å². The highest BCUT2D eigenvalue weighted by molar-refractivity contribution is 9.10. The van der Waals surface area contributed by atoms with Crippen LogP contribution in [0.1, 0.15) is 12.1 Å². The van der Waals surface area contributed by atoms with Gasteiger partial charge in [0.1, 0.15) is 4.60 Å². The zero-order valence-electron chi connectivity index (χ0n) is 7.39. The minimum atomic E-state index is 0.648. The van der Waals surface area contributed by atoms with Crippen molar-refractivity contribution in [2.45, 2.75) is 19.4 Å². The van der Waals surface area contributed by atoms with Crippen LogP contribution in [0.2, 0.25) is 0 Å². The van der Waals surface area contributed by atoms with E-state index in [1.807, 2.05) is 0 Å². The molecule has 2 heterocycles. The molecule has 1 aromatic rings. The van der Waals surface area contributed by atoms with Gasteiger partial charge >= 0.3 is 0 Å². The quantitative estimate of drug-likeness (QED) is 0.816. The van der Waals surface area contributed by atoms with Crippen LogP contribution in [0.25, 0.3) is 0 Å². The molecule has 1 aromatic heterocycles. The van der Waals surface area contributed by atoms with E-state index in [1.165, 1.54) is 0 Å². The number of halogens is 1. The molecule has 0 saturated heterocycles. The number of hydrogen-bond donors (Lipinski definition) is 2. The minimum absolute atomic E-state index is 0.648. The number of aromatic nitrogens is 2. The Balaban J connectivity index is 2.33. The van der Waals surface area contributed by atoms with Crippen LogP contribution in [0.15, 0.2) is 4.60 Å². The Morgan fingerprint density at radius 3 is 3.15 bits per heavy atom. The lowest BCUT2D eigenvalue weighted by molar-refractivity contribution is 0.617. The summed E-state index contributed by atoms with van der Waals surface area (Å²) in [6, 6.07) is 0. The molecular weight excluding hydrogens is 232 g/mol. The Morgan fingerprint density at radius 2 is 2.46 bits per heavy atom. The molecule has 72 valence electrons. The predicted molar refractivity (Wildman–Crippen MR) is 55.8 cm³/mol. The van der Waals surface area contributed by atoms with Crippen LogP contribution >= 0.6 is 15.9 Å². The van der Waals surface area contributed by atoms with Crippen LogP contribution in [0, 0.1) is 0 Å². The number of anilines is 1. The fraction of sp³-hybridized carbons (Fsp3) is 0.625. The monoisotopic (exact) mass is 244 g/mol. The molecule has 0 bridgehead atoms. The molecule has 0 saturated carbocycles. The molecule has 5 heteroatoms. The first-order valence-corrected chi connectivity index (χ1v) is 5.31. The lowest BCUT2D eigenvalue weighted by Gasteiger charge is -2.15. The SMILES string of the molecule is NCCc1nc2n(c1Br)CCCN2. The Morgan fingerprint density at radius 1 is 1.62 bits per heavy atom. The van der Waals surface area contributed by atoms with Gasteiger partial charge in [-0.15, -0.1) is 0 Å². The zero-order chi connectivity index (χ0) is 9.26. The number of rotatable bonds is 2. The fourth-order valence-corrected chi connectivity index (χ4v) is 2.19. The maximum atomic E-state index is 5.50. The lowest BCUT2D eigenvalue weighted by Crippen LogP contribution is -2.17.